The first kappa shape index (κ1) is 6.48. The van der Waals surface area contributed by atoms with Crippen LogP contribution in [0, 0.1) is 12.3 Å². The van der Waals surface area contributed by atoms with Crippen molar-refractivity contribution in [2.75, 3.05) is 19.7 Å². The summed E-state index contributed by atoms with van der Waals surface area (Å²) in [6.45, 7) is 0.883. The van der Waals surface area contributed by atoms with Gasteiger partial charge in [-0.2, -0.15) is 0 Å². The van der Waals surface area contributed by atoms with Crippen LogP contribution in [-0.2, 0) is 5.11 Å². The first-order valence-electron chi connectivity index (χ1n) is 2.14. The van der Waals surface area contributed by atoms with Crippen LogP contribution in [0.4, 0.5) is 0 Å². The summed E-state index contributed by atoms with van der Waals surface area (Å²) in [6, 6.07) is 0. The molecule has 2 heteroatoms. The zero-order chi connectivity index (χ0) is 5.54. The molecule has 2 nitrogen and oxygen atoms in total. The van der Waals surface area contributed by atoms with Gasteiger partial charge in [0.2, 0.25) is 0 Å². The summed E-state index contributed by atoms with van der Waals surface area (Å²) in [6.07, 6.45) is 4.85. The van der Waals surface area contributed by atoms with Gasteiger partial charge in [0.25, 0.3) is 0 Å². The minimum Gasteiger partial charge on any atom is -0.304 e. The van der Waals surface area contributed by atoms with E-state index in [1.165, 1.54) is 0 Å². The molecule has 0 fully saturated rings. The summed E-state index contributed by atoms with van der Waals surface area (Å²) in [5, 5.41) is 12.4. The van der Waals surface area contributed by atoms with Crippen molar-refractivity contribution >= 4 is 0 Å². The topological polar surface area (TPSA) is 31.9 Å². The normalized spacial score (nSPS) is 8.00. The van der Waals surface area contributed by atoms with Crippen molar-refractivity contribution in [1.29, 1.82) is 0 Å². The Morgan fingerprint density at radius 2 is 2.43 bits per heavy atom. The van der Waals surface area contributed by atoms with Gasteiger partial charge in [0.15, 0.2) is 0 Å². The Hall–Kier alpha value is -0.520. The fourth-order valence-corrected chi connectivity index (χ4v) is 0.233. The van der Waals surface area contributed by atoms with Crippen LogP contribution >= 0.6 is 0 Å². The Morgan fingerprint density at radius 1 is 1.71 bits per heavy atom. The molecule has 39 valence electrons. The molecule has 0 heterocycles. The van der Waals surface area contributed by atoms with E-state index < -0.39 is 0 Å². The number of nitrogens with one attached hydrogen (secondary N) is 1. The average molecular weight is 98.1 g/mol. The lowest BCUT2D eigenvalue weighted by Gasteiger charge is -1.89. The van der Waals surface area contributed by atoms with Gasteiger partial charge in [0.1, 0.15) is 0 Å². The van der Waals surface area contributed by atoms with Gasteiger partial charge in [0, 0.05) is 6.54 Å². The van der Waals surface area contributed by atoms with Crippen LogP contribution in [0.2, 0.25) is 0 Å². The molecular formula is C5H8NO. The van der Waals surface area contributed by atoms with Crippen molar-refractivity contribution in [2.24, 2.45) is 0 Å². The van der Waals surface area contributed by atoms with Gasteiger partial charge < -0.3 is 5.32 Å². The molecule has 0 aliphatic rings. The Bertz CT molecular complexity index is 65.0. The smallest absolute Gasteiger partial charge is 0.0947 e. The van der Waals surface area contributed by atoms with Crippen LogP contribution in [0.3, 0.4) is 0 Å². The third-order valence-corrected chi connectivity index (χ3v) is 0.506. The minimum atomic E-state index is -0.0956. The molecule has 0 bridgehead atoms. The fraction of sp³-hybridized carbons (Fsp3) is 0.600. The number of rotatable bonds is 3. The molecule has 0 aromatic carbocycles. The largest absolute Gasteiger partial charge is 0.304 e. The lowest BCUT2D eigenvalue weighted by Crippen LogP contribution is -2.17. The van der Waals surface area contributed by atoms with Crippen molar-refractivity contribution < 1.29 is 5.11 Å². The van der Waals surface area contributed by atoms with Crippen LogP contribution in [0.1, 0.15) is 0 Å². The summed E-state index contributed by atoms with van der Waals surface area (Å²) >= 11 is 0. The quantitative estimate of drug-likeness (QED) is 0.379. The van der Waals surface area contributed by atoms with Gasteiger partial charge >= 0.3 is 0 Å². The summed E-state index contributed by atoms with van der Waals surface area (Å²) in [4.78, 5) is 0. The average Bonchev–Trinajstić information content (AvgIpc) is 1.69. The predicted molar refractivity (Wildman–Crippen MR) is 27.3 cm³/mol. The molecule has 0 rings (SSSR count). The highest BCUT2D eigenvalue weighted by molar-refractivity contribution is 4.86. The summed E-state index contributed by atoms with van der Waals surface area (Å²) in [5.41, 5.74) is 0. The molecule has 0 aliphatic carbocycles. The monoisotopic (exact) mass is 98.1 g/mol. The maximum Gasteiger partial charge on any atom is 0.0947 e. The second-order valence-electron chi connectivity index (χ2n) is 1.09. The Morgan fingerprint density at radius 3 is 2.86 bits per heavy atom. The van der Waals surface area contributed by atoms with Crippen LogP contribution in [0.15, 0.2) is 0 Å². The molecule has 0 saturated carbocycles. The molecular weight excluding hydrogens is 90.1 g/mol. The van der Waals surface area contributed by atoms with Gasteiger partial charge in [-0.3, -0.25) is 0 Å². The van der Waals surface area contributed by atoms with Crippen LogP contribution in [-0.4, -0.2) is 19.7 Å². The van der Waals surface area contributed by atoms with Crippen LogP contribution < -0.4 is 5.32 Å². The second-order valence-corrected chi connectivity index (χ2v) is 1.09. The number of hydrogen-bond acceptors (Lipinski definition) is 1. The molecule has 0 amide bonds. The maximum atomic E-state index is 9.67. The third-order valence-electron chi connectivity index (χ3n) is 0.506. The third kappa shape index (κ3) is 5.48. The molecule has 0 spiro atoms. The van der Waals surface area contributed by atoms with E-state index in [1.807, 2.05) is 0 Å². The second kappa shape index (κ2) is 5.48. The first-order valence-corrected chi connectivity index (χ1v) is 2.14. The standard InChI is InChI=1S/C5H8NO/c1-2-3-6-4-5-7/h1,6H,3-5H2. The highest BCUT2D eigenvalue weighted by Crippen LogP contribution is 1.53. The van der Waals surface area contributed by atoms with Crippen molar-refractivity contribution in [2.45, 2.75) is 0 Å². The van der Waals surface area contributed by atoms with Gasteiger partial charge in [0.05, 0.1) is 13.2 Å². The minimum absolute atomic E-state index is 0.0956. The summed E-state index contributed by atoms with van der Waals surface area (Å²) < 4.78 is 0. The van der Waals surface area contributed by atoms with E-state index in [9.17, 15) is 5.11 Å². The van der Waals surface area contributed by atoms with Gasteiger partial charge in [-0.1, -0.05) is 5.92 Å². The lowest BCUT2D eigenvalue weighted by molar-refractivity contribution is 0.195. The van der Waals surface area contributed by atoms with Gasteiger partial charge in [-0.15, -0.1) is 6.42 Å². The molecule has 0 aromatic heterocycles. The fourth-order valence-electron chi connectivity index (χ4n) is 0.233. The molecule has 0 saturated heterocycles. The molecule has 1 radical (unpaired) electrons. The van der Waals surface area contributed by atoms with Crippen molar-refractivity contribution in [3.05, 3.63) is 0 Å². The molecule has 7 heavy (non-hydrogen) atoms. The molecule has 0 aliphatic heterocycles. The number of terminal acetylenes is 1. The van der Waals surface area contributed by atoms with E-state index in [4.69, 9.17) is 6.42 Å². The number of hydrogen-bond donors (Lipinski definition) is 1. The van der Waals surface area contributed by atoms with E-state index >= 15 is 0 Å². The Balaban J connectivity index is 2.60. The van der Waals surface area contributed by atoms with E-state index in [-0.39, 0.29) is 6.61 Å². The zero-order valence-electron chi connectivity index (χ0n) is 4.11. The van der Waals surface area contributed by atoms with E-state index in [2.05, 4.69) is 11.2 Å². The van der Waals surface area contributed by atoms with E-state index in [1.54, 1.807) is 0 Å². The van der Waals surface area contributed by atoms with Gasteiger partial charge in [-0.25, -0.2) is 5.11 Å². The highest BCUT2D eigenvalue weighted by Gasteiger charge is 1.76. The molecule has 0 atom stereocenters. The maximum absolute atomic E-state index is 9.67. The highest BCUT2D eigenvalue weighted by atomic mass is 16.3. The van der Waals surface area contributed by atoms with Crippen LogP contribution in [0.25, 0.3) is 0 Å². The van der Waals surface area contributed by atoms with E-state index in [0.29, 0.717) is 13.1 Å². The van der Waals surface area contributed by atoms with Crippen molar-refractivity contribution in [1.82, 2.24) is 5.32 Å². The van der Waals surface area contributed by atoms with Gasteiger partial charge in [-0.05, 0) is 0 Å². The molecule has 1 N–H and O–H groups in total. The SMILES string of the molecule is C#CCNCC[O]. The van der Waals surface area contributed by atoms with Crippen molar-refractivity contribution in [3.8, 4) is 12.3 Å². The zero-order valence-corrected chi connectivity index (χ0v) is 4.11. The Labute approximate surface area is 43.5 Å². The van der Waals surface area contributed by atoms with E-state index in [0.717, 1.165) is 0 Å². The summed E-state index contributed by atoms with van der Waals surface area (Å²) in [7, 11) is 0. The van der Waals surface area contributed by atoms with Crippen molar-refractivity contribution in [3.63, 3.8) is 0 Å². The van der Waals surface area contributed by atoms with Crippen LogP contribution in [0.5, 0.6) is 0 Å². The molecule has 0 aromatic rings. The summed E-state index contributed by atoms with van der Waals surface area (Å²) in [5.74, 6) is 2.35. The Kier molecular flexibility index (Phi) is 5.07. The first-order chi connectivity index (χ1) is 3.41. The lowest BCUT2D eigenvalue weighted by atomic mass is 10.6. The predicted octanol–water partition coefficient (Wildman–Crippen LogP) is -0.360. The molecule has 0 unspecified atom stereocenters.